The summed E-state index contributed by atoms with van der Waals surface area (Å²) < 4.78 is 16.9. The minimum absolute atomic E-state index is 0.0996. The van der Waals surface area contributed by atoms with Crippen LogP contribution >= 0.6 is 0 Å². The molecule has 0 aliphatic rings. The standard InChI is InChI=1S/C73H122O6/c1-4-7-10-13-16-19-22-25-27-29-31-33-35-36-38-39-41-43-45-48-51-54-57-60-63-66-72(75)78-69-70(68-77-71(74)65-62-59-56-53-50-47-24-21-18-15-12-9-6-3)79-73(76)67-64-61-58-55-52-49-46-44-42-40-37-34-32-30-28-26-23-20-17-14-11-8-5-2/h8-9,11-12,17-18,20-21,26,28-29,31-32,34,40,42,46-47,49-50,70H,4-7,10,13-16,19,22-25,27,30,33,35-39,41,43-45,48,51-69H2,1-3H3/b11-8-,12-9-,20-17-,21-18-,28-26-,31-29-,34-32-,42-40-,49-46-,50-47-. The van der Waals surface area contributed by atoms with Crippen LogP contribution in [0.1, 0.15) is 303 Å². The van der Waals surface area contributed by atoms with E-state index in [-0.39, 0.29) is 37.5 Å². The van der Waals surface area contributed by atoms with Gasteiger partial charge in [0.05, 0.1) is 0 Å². The van der Waals surface area contributed by atoms with Gasteiger partial charge in [0.25, 0.3) is 0 Å². The summed E-state index contributed by atoms with van der Waals surface area (Å²) in [6, 6.07) is 0. The Bertz CT molecular complexity index is 1640. The fourth-order valence-corrected chi connectivity index (χ4v) is 9.04. The van der Waals surface area contributed by atoms with Crippen molar-refractivity contribution in [3.8, 4) is 0 Å². The third kappa shape index (κ3) is 64.5. The van der Waals surface area contributed by atoms with Gasteiger partial charge in [0, 0.05) is 19.3 Å². The van der Waals surface area contributed by atoms with Crippen molar-refractivity contribution in [2.45, 2.75) is 309 Å². The number of esters is 3. The maximum atomic E-state index is 12.9. The van der Waals surface area contributed by atoms with Crippen LogP contribution in [0, 0.1) is 0 Å². The number of carbonyl (C=O) groups is 3. The molecule has 0 saturated heterocycles. The highest BCUT2D eigenvalue weighted by atomic mass is 16.6. The highest BCUT2D eigenvalue weighted by Gasteiger charge is 2.19. The van der Waals surface area contributed by atoms with E-state index in [2.05, 4.69) is 142 Å². The molecule has 1 atom stereocenters. The Labute approximate surface area is 488 Å². The number of carbonyl (C=O) groups excluding carboxylic acids is 3. The van der Waals surface area contributed by atoms with Crippen LogP contribution in [0.2, 0.25) is 0 Å². The average molecular weight is 1100 g/mol. The van der Waals surface area contributed by atoms with Gasteiger partial charge in [-0.25, -0.2) is 0 Å². The zero-order valence-corrected chi connectivity index (χ0v) is 51.6. The van der Waals surface area contributed by atoms with Crippen molar-refractivity contribution in [3.63, 3.8) is 0 Å². The van der Waals surface area contributed by atoms with E-state index in [1.165, 1.54) is 128 Å². The first-order valence-electron chi connectivity index (χ1n) is 33.0. The van der Waals surface area contributed by atoms with Gasteiger partial charge in [-0.2, -0.15) is 0 Å². The SMILES string of the molecule is CC/C=C\C/C=C\C/C=C\C/C=C\C/C=C\C/C=C\CCCCCCC(=O)OC(COC(=O)CCCCC/C=C\C/C=C\C/C=C\CC)COC(=O)CCCCCCCCCCCCCCC/C=C\CCCCCCCCCC. The molecule has 0 rings (SSSR count). The molecule has 0 radical (unpaired) electrons. The normalized spacial score (nSPS) is 12.9. The van der Waals surface area contributed by atoms with Crippen molar-refractivity contribution in [3.05, 3.63) is 122 Å². The molecule has 0 saturated carbocycles. The molecular formula is C73H122O6. The fraction of sp³-hybridized carbons (Fsp3) is 0.685. The lowest BCUT2D eigenvalue weighted by molar-refractivity contribution is -0.167. The summed E-state index contributed by atoms with van der Waals surface area (Å²) in [5.74, 6) is -0.950. The molecule has 1 unspecified atom stereocenters. The zero-order chi connectivity index (χ0) is 57.1. The molecule has 0 aromatic carbocycles. The van der Waals surface area contributed by atoms with Gasteiger partial charge < -0.3 is 14.2 Å². The van der Waals surface area contributed by atoms with E-state index in [1.54, 1.807) is 0 Å². The van der Waals surface area contributed by atoms with Crippen molar-refractivity contribution >= 4 is 17.9 Å². The van der Waals surface area contributed by atoms with Gasteiger partial charge in [-0.1, -0.05) is 277 Å². The molecule has 450 valence electrons. The Morgan fingerprint density at radius 1 is 0.266 bits per heavy atom. The van der Waals surface area contributed by atoms with Gasteiger partial charge in [0.1, 0.15) is 13.2 Å². The van der Waals surface area contributed by atoms with Crippen LogP contribution in [0.15, 0.2) is 122 Å². The number of hydrogen-bond donors (Lipinski definition) is 0. The van der Waals surface area contributed by atoms with E-state index in [4.69, 9.17) is 14.2 Å². The second kappa shape index (κ2) is 66.3. The topological polar surface area (TPSA) is 78.9 Å². The number of allylic oxidation sites excluding steroid dienone is 20. The number of hydrogen-bond acceptors (Lipinski definition) is 6. The minimum atomic E-state index is -0.808. The first kappa shape index (κ1) is 74.8. The van der Waals surface area contributed by atoms with E-state index < -0.39 is 6.10 Å². The lowest BCUT2D eigenvalue weighted by Crippen LogP contribution is -2.30. The quantitative estimate of drug-likeness (QED) is 0.0261. The second-order valence-corrected chi connectivity index (χ2v) is 21.6. The number of ether oxygens (including phenoxy) is 3. The summed E-state index contributed by atoms with van der Waals surface area (Å²) in [5, 5.41) is 0. The van der Waals surface area contributed by atoms with E-state index in [0.717, 1.165) is 135 Å². The maximum absolute atomic E-state index is 12.9. The van der Waals surface area contributed by atoms with E-state index in [9.17, 15) is 14.4 Å². The lowest BCUT2D eigenvalue weighted by atomic mass is 10.0. The third-order valence-electron chi connectivity index (χ3n) is 13.9. The maximum Gasteiger partial charge on any atom is 0.306 e. The highest BCUT2D eigenvalue weighted by molar-refractivity contribution is 5.71. The molecule has 0 fully saturated rings. The Morgan fingerprint density at radius 3 is 0.797 bits per heavy atom. The van der Waals surface area contributed by atoms with Crippen LogP contribution in [-0.2, 0) is 28.6 Å². The third-order valence-corrected chi connectivity index (χ3v) is 13.9. The monoisotopic (exact) mass is 1090 g/mol. The Kier molecular flexibility index (Phi) is 62.8. The summed E-state index contributed by atoms with van der Waals surface area (Å²) in [6.07, 6.45) is 92.2. The summed E-state index contributed by atoms with van der Waals surface area (Å²) in [4.78, 5) is 38.3. The van der Waals surface area contributed by atoms with E-state index in [0.29, 0.717) is 12.8 Å². The summed E-state index contributed by atoms with van der Waals surface area (Å²) in [5.41, 5.74) is 0. The smallest absolute Gasteiger partial charge is 0.306 e. The van der Waals surface area contributed by atoms with Gasteiger partial charge in [-0.05, 0) is 128 Å². The predicted molar refractivity (Wildman–Crippen MR) is 343 cm³/mol. The Balaban J connectivity index is 4.38. The van der Waals surface area contributed by atoms with Crippen molar-refractivity contribution in [2.75, 3.05) is 13.2 Å². The Hall–Kier alpha value is -4.19. The van der Waals surface area contributed by atoms with Crippen LogP contribution in [0.4, 0.5) is 0 Å². The molecule has 0 heterocycles. The Morgan fingerprint density at radius 2 is 0.494 bits per heavy atom. The van der Waals surface area contributed by atoms with Crippen molar-refractivity contribution in [2.24, 2.45) is 0 Å². The number of unbranched alkanes of at least 4 members (excludes halogenated alkanes) is 28. The predicted octanol–water partition coefficient (Wildman–Crippen LogP) is 22.8. The molecule has 6 heteroatoms. The van der Waals surface area contributed by atoms with Crippen LogP contribution in [0.3, 0.4) is 0 Å². The molecule has 6 nitrogen and oxygen atoms in total. The largest absolute Gasteiger partial charge is 0.462 e. The summed E-state index contributed by atoms with van der Waals surface area (Å²) in [6.45, 7) is 6.38. The second-order valence-electron chi connectivity index (χ2n) is 21.6. The van der Waals surface area contributed by atoms with Crippen LogP contribution < -0.4 is 0 Å². The van der Waals surface area contributed by atoms with Crippen molar-refractivity contribution in [1.29, 1.82) is 0 Å². The van der Waals surface area contributed by atoms with Crippen LogP contribution in [0.25, 0.3) is 0 Å². The fourth-order valence-electron chi connectivity index (χ4n) is 9.04. The van der Waals surface area contributed by atoms with E-state index in [1.807, 2.05) is 0 Å². The average Bonchev–Trinajstić information content (AvgIpc) is 3.45. The van der Waals surface area contributed by atoms with Gasteiger partial charge in [0.2, 0.25) is 0 Å². The first-order chi connectivity index (χ1) is 39.0. The highest BCUT2D eigenvalue weighted by Crippen LogP contribution is 2.16. The van der Waals surface area contributed by atoms with Crippen LogP contribution in [-0.4, -0.2) is 37.2 Å². The molecule has 0 spiro atoms. The molecule has 0 aliphatic heterocycles. The van der Waals surface area contributed by atoms with Gasteiger partial charge in [-0.15, -0.1) is 0 Å². The molecule has 79 heavy (non-hydrogen) atoms. The summed E-state index contributed by atoms with van der Waals surface area (Å²) >= 11 is 0. The lowest BCUT2D eigenvalue weighted by Gasteiger charge is -2.18. The van der Waals surface area contributed by atoms with Crippen LogP contribution in [0.5, 0.6) is 0 Å². The van der Waals surface area contributed by atoms with Gasteiger partial charge in [0.15, 0.2) is 6.10 Å². The van der Waals surface area contributed by atoms with Gasteiger partial charge in [-0.3, -0.25) is 14.4 Å². The van der Waals surface area contributed by atoms with Crippen molar-refractivity contribution < 1.29 is 28.6 Å². The minimum Gasteiger partial charge on any atom is -0.462 e. The van der Waals surface area contributed by atoms with E-state index >= 15 is 0 Å². The molecule has 0 amide bonds. The van der Waals surface area contributed by atoms with Gasteiger partial charge >= 0.3 is 17.9 Å². The van der Waals surface area contributed by atoms with Crippen molar-refractivity contribution in [1.82, 2.24) is 0 Å². The molecule has 0 aliphatic carbocycles. The molecule has 0 N–H and O–H groups in total. The molecule has 0 aromatic rings. The first-order valence-corrected chi connectivity index (χ1v) is 33.0. The summed E-state index contributed by atoms with van der Waals surface area (Å²) in [7, 11) is 0. The molecular weight excluding hydrogens is 973 g/mol. The zero-order valence-electron chi connectivity index (χ0n) is 51.6. The molecule has 0 aromatic heterocycles. The number of rotatable bonds is 59. The molecule has 0 bridgehead atoms.